The van der Waals surface area contributed by atoms with Gasteiger partial charge in [0.25, 0.3) is 0 Å². The average molecular weight is 326 g/mol. The van der Waals surface area contributed by atoms with E-state index in [0.717, 1.165) is 45.2 Å². The van der Waals surface area contributed by atoms with Crippen molar-refractivity contribution in [1.29, 1.82) is 0 Å². The summed E-state index contributed by atoms with van der Waals surface area (Å²) in [6, 6.07) is 0.841. The minimum Gasteiger partial charge on any atom is -0.379 e. The molecular formula is C17H34N4O2. The molecule has 0 spiro atoms. The molecule has 0 amide bonds. The van der Waals surface area contributed by atoms with E-state index in [9.17, 15) is 0 Å². The van der Waals surface area contributed by atoms with Crippen molar-refractivity contribution in [3.63, 3.8) is 0 Å². The fourth-order valence-electron chi connectivity index (χ4n) is 3.47. The molecule has 2 N–H and O–H groups in total. The lowest BCUT2D eigenvalue weighted by atomic mass is 9.56. The molecular weight excluding hydrogens is 292 g/mol. The van der Waals surface area contributed by atoms with Crippen LogP contribution in [0.5, 0.6) is 0 Å². The van der Waals surface area contributed by atoms with Crippen molar-refractivity contribution in [2.45, 2.75) is 51.8 Å². The number of rotatable bonds is 5. The third-order valence-corrected chi connectivity index (χ3v) is 6.05. The predicted octanol–water partition coefficient (Wildman–Crippen LogP) is 1.08. The highest BCUT2D eigenvalue weighted by Gasteiger charge is 2.58. The molecule has 134 valence electrons. The molecule has 0 bridgehead atoms. The summed E-state index contributed by atoms with van der Waals surface area (Å²) in [4.78, 5) is 6.83. The van der Waals surface area contributed by atoms with E-state index in [1.807, 2.05) is 7.05 Å². The first-order valence-electron chi connectivity index (χ1n) is 8.68. The Morgan fingerprint density at radius 3 is 2.52 bits per heavy atom. The second-order valence-electron chi connectivity index (χ2n) is 7.51. The Hall–Kier alpha value is -0.850. The Labute approximate surface area is 141 Å². The Balaban J connectivity index is 1.80. The lowest BCUT2D eigenvalue weighted by Gasteiger charge is -2.59. The summed E-state index contributed by atoms with van der Waals surface area (Å²) >= 11 is 0. The van der Waals surface area contributed by atoms with Crippen molar-refractivity contribution < 1.29 is 9.47 Å². The number of ether oxygens (including phenoxy) is 2. The summed E-state index contributed by atoms with van der Waals surface area (Å²) in [5, 5.41) is 7.02. The van der Waals surface area contributed by atoms with E-state index in [0.29, 0.717) is 12.1 Å². The monoisotopic (exact) mass is 326 g/mol. The molecule has 6 nitrogen and oxygen atoms in total. The van der Waals surface area contributed by atoms with Crippen LogP contribution < -0.4 is 10.6 Å². The summed E-state index contributed by atoms with van der Waals surface area (Å²) in [7, 11) is 3.63. The second kappa shape index (κ2) is 7.36. The molecule has 0 aromatic carbocycles. The number of hydrogen-bond acceptors (Lipinski definition) is 4. The maximum Gasteiger partial charge on any atom is 0.191 e. The molecule has 2 fully saturated rings. The molecule has 1 aliphatic heterocycles. The van der Waals surface area contributed by atoms with E-state index < -0.39 is 0 Å². The summed E-state index contributed by atoms with van der Waals surface area (Å²) < 4.78 is 11.1. The van der Waals surface area contributed by atoms with Gasteiger partial charge in [0.05, 0.1) is 18.8 Å². The normalized spacial score (nSPS) is 33.0. The third kappa shape index (κ3) is 3.80. The largest absolute Gasteiger partial charge is 0.379 e. The maximum absolute atomic E-state index is 5.69. The van der Waals surface area contributed by atoms with Crippen molar-refractivity contribution in [2.24, 2.45) is 10.4 Å². The van der Waals surface area contributed by atoms with Crippen molar-refractivity contribution in [3.8, 4) is 0 Å². The van der Waals surface area contributed by atoms with Gasteiger partial charge in [-0.3, -0.25) is 9.89 Å². The molecule has 0 aromatic heterocycles. The number of guanidine groups is 1. The van der Waals surface area contributed by atoms with Gasteiger partial charge in [0, 0.05) is 51.3 Å². The first-order chi connectivity index (χ1) is 10.8. The number of methoxy groups -OCH3 is 1. The molecule has 1 saturated heterocycles. The molecule has 1 aliphatic carbocycles. The van der Waals surface area contributed by atoms with Crippen molar-refractivity contribution in [1.82, 2.24) is 15.5 Å². The van der Waals surface area contributed by atoms with Crippen LogP contribution >= 0.6 is 0 Å². The molecule has 23 heavy (non-hydrogen) atoms. The molecule has 2 rings (SSSR count). The minimum atomic E-state index is -0.0649. The molecule has 0 aromatic rings. The number of aliphatic imine (C=N–C) groups is 1. The summed E-state index contributed by atoms with van der Waals surface area (Å²) in [5.41, 5.74) is 0.0137. The molecule has 0 radical (unpaired) electrons. The van der Waals surface area contributed by atoms with Crippen LogP contribution in [0.25, 0.3) is 0 Å². The fraction of sp³-hybridized carbons (Fsp3) is 0.941. The summed E-state index contributed by atoms with van der Waals surface area (Å²) in [6.45, 7) is 13.5. The molecule has 1 heterocycles. The smallest absolute Gasteiger partial charge is 0.191 e. The zero-order valence-electron chi connectivity index (χ0n) is 15.6. The molecule has 2 aliphatic rings. The lowest BCUT2D eigenvalue weighted by molar-refractivity contribution is -0.176. The maximum atomic E-state index is 5.69. The van der Waals surface area contributed by atoms with Crippen LogP contribution in [0.2, 0.25) is 0 Å². The van der Waals surface area contributed by atoms with Gasteiger partial charge in [-0.2, -0.15) is 0 Å². The average Bonchev–Trinajstić information content (AvgIpc) is 2.57. The topological polar surface area (TPSA) is 58.1 Å². The summed E-state index contributed by atoms with van der Waals surface area (Å²) in [5.74, 6) is 0.876. The van der Waals surface area contributed by atoms with Crippen LogP contribution in [-0.2, 0) is 9.47 Å². The van der Waals surface area contributed by atoms with Crippen LogP contribution in [-0.4, -0.2) is 75.5 Å². The van der Waals surface area contributed by atoms with E-state index in [-0.39, 0.29) is 11.0 Å². The second-order valence-corrected chi connectivity index (χ2v) is 7.51. The van der Waals surface area contributed by atoms with Crippen LogP contribution in [0.4, 0.5) is 0 Å². The third-order valence-electron chi connectivity index (χ3n) is 6.05. The van der Waals surface area contributed by atoms with Gasteiger partial charge in [-0.05, 0) is 20.3 Å². The van der Waals surface area contributed by atoms with Gasteiger partial charge in [0.1, 0.15) is 0 Å². The van der Waals surface area contributed by atoms with Crippen molar-refractivity contribution >= 4 is 5.96 Å². The molecule has 1 saturated carbocycles. The van der Waals surface area contributed by atoms with Gasteiger partial charge in [0.15, 0.2) is 5.96 Å². The van der Waals surface area contributed by atoms with E-state index >= 15 is 0 Å². The van der Waals surface area contributed by atoms with Gasteiger partial charge in [-0.25, -0.2) is 0 Å². The highest BCUT2D eigenvalue weighted by atomic mass is 16.5. The van der Waals surface area contributed by atoms with Crippen LogP contribution in [0.3, 0.4) is 0 Å². The SMILES string of the molecule is CN=C(NCC(C)N1CCOCC1)NC1CC(C)(OC)C1(C)C. The Bertz CT molecular complexity index is 421. The Morgan fingerprint density at radius 1 is 1.35 bits per heavy atom. The Kier molecular flexibility index (Phi) is 5.92. The number of nitrogens with one attached hydrogen (secondary N) is 2. The number of hydrogen-bond donors (Lipinski definition) is 2. The number of morpholine rings is 1. The number of nitrogens with zero attached hydrogens (tertiary/aromatic N) is 2. The van der Waals surface area contributed by atoms with Crippen molar-refractivity contribution in [2.75, 3.05) is 47.0 Å². The van der Waals surface area contributed by atoms with E-state index in [2.05, 4.69) is 48.2 Å². The molecule has 6 heteroatoms. The standard InChI is InChI=1S/C17H34N4O2/c1-13(21-7-9-23-10-8-21)12-19-15(18-5)20-14-11-17(4,22-6)16(14,2)3/h13-14H,7-12H2,1-6H3,(H2,18,19,20). The Morgan fingerprint density at radius 2 is 2.00 bits per heavy atom. The molecule has 3 atom stereocenters. The minimum absolute atomic E-state index is 0.0649. The van der Waals surface area contributed by atoms with Crippen LogP contribution in [0.15, 0.2) is 4.99 Å². The van der Waals surface area contributed by atoms with E-state index in [1.54, 1.807) is 7.11 Å². The van der Waals surface area contributed by atoms with Crippen LogP contribution in [0, 0.1) is 5.41 Å². The predicted molar refractivity (Wildman–Crippen MR) is 94.0 cm³/mol. The fourth-order valence-corrected chi connectivity index (χ4v) is 3.47. The first-order valence-corrected chi connectivity index (χ1v) is 8.68. The van der Waals surface area contributed by atoms with Gasteiger partial charge < -0.3 is 20.1 Å². The van der Waals surface area contributed by atoms with Crippen molar-refractivity contribution in [3.05, 3.63) is 0 Å². The zero-order chi connectivity index (χ0) is 17.1. The van der Waals surface area contributed by atoms with Gasteiger partial charge in [0.2, 0.25) is 0 Å². The lowest BCUT2D eigenvalue weighted by Crippen LogP contribution is -2.69. The van der Waals surface area contributed by atoms with Gasteiger partial charge >= 0.3 is 0 Å². The highest BCUT2D eigenvalue weighted by molar-refractivity contribution is 5.80. The van der Waals surface area contributed by atoms with E-state index in [4.69, 9.17) is 9.47 Å². The van der Waals surface area contributed by atoms with Gasteiger partial charge in [-0.1, -0.05) is 13.8 Å². The first kappa shape index (κ1) is 18.5. The molecule has 3 unspecified atom stereocenters. The zero-order valence-corrected chi connectivity index (χ0v) is 15.6. The van der Waals surface area contributed by atoms with Crippen LogP contribution in [0.1, 0.15) is 34.1 Å². The van der Waals surface area contributed by atoms with E-state index in [1.165, 1.54) is 0 Å². The highest BCUT2D eigenvalue weighted by Crippen LogP contribution is 2.51. The summed E-state index contributed by atoms with van der Waals surface area (Å²) in [6.07, 6.45) is 0.996. The quantitative estimate of drug-likeness (QED) is 0.585. The van der Waals surface area contributed by atoms with Gasteiger partial charge in [-0.15, -0.1) is 0 Å².